The molecule has 0 amide bonds. The molecule has 0 atom stereocenters. The van der Waals surface area contributed by atoms with Gasteiger partial charge in [-0.2, -0.15) is 4.31 Å². The molecule has 10 heteroatoms. The van der Waals surface area contributed by atoms with Crippen molar-refractivity contribution in [3.63, 3.8) is 0 Å². The molecule has 0 aliphatic carbocycles. The van der Waals surface area contributed by atoms with Gasteiger partial charge in [0.05, 0.1) is 9.92 Å². The Balaban J connectivity index is 3.42. The van der Waals surface area contributed by atoms with Crippen molar-refractivity contribution in [2.75, 3.05) is 19.8 Å². The Kier molecular flexibility index (Phi) is 4.80. The molecule has 0 saturated carbocycles. The van der Waals surface area contributed by atoms with Crippen LogP contribution in [0.3, 0.4) is 0 Å². The Hall–Kier alpha value is -1.16. The molecule has 0 spiro atoms. The van der Waals surface area contributed by atoms with E-state index in [0.717, 1.165) is 25.4 Å². The van der Waals surface area contributed by atoms with Crippen LogP contribution in [0.4, 0.5) is 0 Å². The predicted octanol–water partition coefficient (Wildman–Crippen LogP) is 0.449. The molecule has 7 nitrogen and oxygen atoms in total. The smallest absolute Gasteiger partial charge is 0.318 e. The van der Waals surface area contributed by atoms with Gasteiger partial charge in [-0.05, 0) is 18.2 Å². The van der Waals surface area contributed by atoms with E-state index in [9.17, 15) is 21.6 Å². The predicted molar refractivity (Wildman–Crippen MR) is 72.0 cm³/mol. The Labute approximate surface area is 121 Å². The largest absolute Gasteiger partial charge is 0.480 e. The van der Waals surface area contributed by atoms with Crippen molar-refractivity contribution in [1.29, 1.82) is 0 Å². The fourth-order valence-corrected chi connectivity index (χ4v) is 3.69. The number of sulfonamides is 1. The molecule has 0 unspecified atom stereocenters. The molecule has 0 saturated heterocycles. The van der Waals surface area contributed by atoms with E-state index in [-0.39, 0.29) is 9.92 Å². The van der Waals surface area contributed by atoms with Gasteiger partial charge < -0.3 is 5.11 Å². The van der Waals surface area contributed by atoms with Gasteiger partial charge in [0.15, 0.2) is 9.84 Å². The lowest BCUT2D eigenvalue weighted by Crippen LogP contribution is -2.32. The summed E-state index contributed by atoms with van der Waals surface area (Å²) in [4.78, 5) is 9.89. The Bertz CT molecular complexity index is 741. The van der Waals surface area contributed by atoms with Crippen LogP contribution in [0.25, 0.3) is 0 Å². The third kappa shape index (κ3) is 3.69. The van der Waals surface area contributed by atoms with E-state index in [4.69, 9.17) is 16.7 Å². The van der Waals surface area contributed by atoms with E-state index < -0.39 is 37.3 Å². The molecule has 0 heterocycles. The number of hydrogen-bond donors (Lipinski definition) is 1. The zero-order valence-corrected chi connectivity index (χ0v) is 13.0. The van der Waals surface area contributed by atoms with Gasteiger partial charge in [-0.15, -0.1) is 0 Å². The molecule has 0 aromatic heterocycles. The fourth-order valence-electron chi connectivity index (χ4n) is 1.36. The summed E-state index contributed by atoms with van der Waals surface area (Å²) in [6.07, 6.45) is 0.924. The van der Waals surface area contributed by atoms with Crippen LogP contribution in [0.1, 0.15) is 0 Å². The second-order valence-electron chi connectivity index (χ2n) is 4.02. The molecule has 0 bridgehead atoms. The number of carboxylic acid groups (broad SMARTS) is 1. The maximum atomic E-state index is 12.2. The molecule has 20 heavy (non-hydrogen) atoms. The highest BCUT2D eigenvalue weighted by molar-refractivity contribution is 7.91. The third-order valence-corrected chi connectivity index (χ3v) is 5.77. The number of sulfone groups is 1. The van der Waals surface area contributed by atoms with E-state index in [2.05, 4.69) is 0 Å². The average Bonchev–Trinajstić information content (AvgIpc) is 2.26. The Morgan fingerprint density at radius 1 is 1.30 bits per heavy atom. The molecular formula is C10H12ClNO6S2. The molecule has 0 fully saturated rings. The lowest BCUT2D eigenvalue weighted by molar-refractivity contribution is -0.137. The van der Waals surface area contributed by atoms with Crippen LogP contribution in [0.5, 0.6) is 0 Å². The standard InChI is InChI=1S/C10H12ClNO6S2/c1-12(6-10(13)14)20(17,18)9-5-7(19(2,15)16)3-4-8(9)11/h3-5H,6H2,1-2H3,(H,13,14). The van der Waals surface area contributed by atoms with Gasteiger partial charge >= 0.3 is 5.97 Å². The van der Waals surface area contributed by atoms with Gasteiger partial charge in [-0.1, -0.05) is 11.6 Å². The van der Waals surface area contributed by atoms with Crippen molar-refractivity contribution >= 4 is 37.4 Å². The van der Waals surface area contributed by atoms with Gasteiger partial charge in [0.2, 0.25) is 10.0 Å². The third-order valence-electron chi connectivity index (χ3n) is 2.38. The normalized spacial score (nSPS) is 12.6. The monoisotopic (exact) mass is 341 g/mol. The minimum Gasteiger partial charge on any atom is -0.480 e. The first-order valence-corrected chi connectivity index (χ1v) is 8.85. The molecule has 0 aliphatic rings. The quantitative estimate of drug-likeness (QED) is 0.832. The van der Waals surface area contributed by atoms with Gasteiger partial charge in [-0.25, -0.2) is 16.8 Å². The average molecular weight is 342 g/mol. The van der Waals surface area contributed by atoms with Crippen LogP contribution in [0.2, 0.25) is 5.02 Å². The lowest BCUT2D eigenvalue weighted by Gasteiger charge is -2.16. The topological polar surface area (TPSA) is 109 Å². The number of benzene rings is 1. The van der Waals surface area contributed by atoms with Gasteiger partial charge in [-0.3, -0.25) is 4.79 Å². The van der Waals surface area contributed by atoms with Crippen LogP contribution < -0.4 is 0 Å². The Morgan fingerprint density at radius 3 is 2.30 bits per heavy atom. The van der Waals surface area contributed by atoms with Crippen molar-refractivity contribution in [2.45, 2.75) is 9.79 Å². The molecule has 0 aliphatic heterocycles. The number of halogens is 1. The first-order chi connectivity index (χ1) is 8.96. The molecule has 1 aromatic carbocycles. The van der Waals surface area contributed by atoms with E-state index in [1.165, 1.54) is 6.07 Å². The molecular weight excluding hydrogens is 330 g/mol. The van der Waals surface area contributed by atoms with E-state index >= 15 is 0 Å². The summed E-state index contributed by atoms with van der Waals surface area (Å²) >= 11 is 5.76. The summed E-state index contributed by atoms with van der Waals surface area (Å²) in [6.45, 7) is -0.762. The van der Waals surface area contributed by atoms with Crippen LogP contribution >= 0.6 is 11.6 Å². The van der Waals surface area contributed by atoms with Gasteiger partial charge in [0.25, 0.3) is 0 Å². The maximum Gasteiger partial charge on any atom is 0.318 e. The van der Waals surface area contributed by atoms with Crippen LogP contribution in [0, 0.1) is 0 Å². The number of carbonyl (C=O) groups is 1. The molecule has 112 valence electrons. The van der Waals surface area contributed by atoms with E-state index in [0.29, 0.717) is 4.31 Å². The highest BCUT2D eigenvalue weighted by atomic mass is 35.5. The van der Waals surface area contributed by atoms with Crippen molar-refractivity contribution in [2.24, 2.45) is 0 Å². The van der Waals surface area contributed by atoms with E-state index in [1.54, 1.807) is 0 Å². The number of carboxylic acids is 1. The van der Waals surface area contributed by atoms with Crippen molar-refractivity contribution < 1.29 is 26.7 Å². The number of likely N-dealkylation sites (N-methyl/N-ethyl adjacent to an activating group) is 1. The first-order valence-electron chi connectivity index (χ1n) is 5.14. The fraction of sp³-hybridized carbons (Fsp3) is 0.300. The maximum absolute atomic E-state index is 12.2. The zero-order valence-electron chi connectivity index (χ0n) is 10.6. The summed E-state index contributed by atoms with van der Waals surface area (Å²) in [5.41, 5.74) is 0. The lowest BCUT2D eigenvalue weighted by atomic mass is 10.4. The summed E-state index contributed by atoms with van der Waals surface area (Å²) < 4.78 is 47.7. The minimum atomic E-state index is -4.19. The molecule has 0 radical (unpaired) electrons. The summed E-state index contributed by atoms with van der Waals surface area (Å²) in [7, 11) is -6.74. The molecule has 1 N–H and O–H groups in total. The highest BCUT2D eigenvalue weighted by Crippen LogP contribution is 2.26. The highest BCUT2D eigenvalue weighted by Gasteiger charge is 2.26. The summed E-state index contributed by atoms with van der Waals surface area (Å²) in [6, 6.07) is 3.22. The summed E-state index contributed by atoms with van der Waals surface area (Å²) in [5, 5.41) is 8.43. The van der Waals surface area contributed by atoms with Crippen LogP contribution in [-0.4, -0.2) is 52.1 Å². The van der Waals surface area contributed by atoms with Crippen molar-refractivity contribution in [1.82, 2.24) is 4.31 Å². The zero-order chi connectivity index (χ0) is 15.7. The van der Waals surface area contributed by atoms with Crippen LogP contribution in [0.15, 0.2) is 28.0 Å². The number of rotatable bonds is 5. The van der Waals surface area contributed by atoms with Crippen molar-refractivity contribution in [3.8, 4) is 0 Å². The number of nitrogens with zero attached hydrogens (tertiary/aromatic N) is 1. The van der Waals surface area contributed by atoms with Crippen LogP contribution in [-0.2, 0) is 24.7 Å². The first kappa shape index (κ1) is 16.9. The SMILES string of the molecule is CN(CC(=O)O)S(=O)(=O)c1cc(S(C)(=O)=O)ccc1Cl. The number of aliphatic carboxylic acids is 1. The second-order valence-corrected chi connectivity index (χ2v) is 8.46. The minimum absolute atomic E-state index is 0.186. The number of hydrogen-bond acceptors (Lipinski definition) is 5. The Morgan fingerprint density at radius 2 is 1.85 bits per heavy atom. The second kappa shape index (κ2) is 5.68. The summed E-state index contributed by atoms with van der Waals surface area (Å²) in [5.74, 6) is -1.34. The molecule has 1 aromatic rings. The van der Waals surface area contributed by atoms with Gasteiger partial charge in [0, 0.05) is 13.3 Å². The molecule has 1 rings (SSSR count). The van der Waals surface area contributed by atoms with Crippen molar-refractivity contribution in [3.05, 3.63) is 23.2 Å². The van der Waals surface area contributed by atoms with E-state index in [1.807, 2.05) is 0 Å². The van der Waals surface area contributed by atoms with Gasteiger partial charge in [0.1, 0.15) is 11.4 Å².